The first-order valence-electron chi connectivity index (χ1n) is 5.79. The molecule has 1 fully saturated rings. The van der Waals surface area contributed by atoms with E-state index in [1.165, 1.54) is 4.70 Å². The van der Waals surface area contributed by atoms with Crippen molar-refractivity contribution in [2.75, 3.05) is 31.2 Å². The van der Waals surface area contributed by atoms with Gasteiger partial charge in [0.25, 0.3) is 0 Å². The van der Waals surface area contributed by atoms with Crippen LogP contribution in [0.1, 0.15) is 5.56 Å². The maximum absolute atomic E-state index is 5.64. The van der Waals surface area contributed by atoms with Gasteiger partial charge in [-0.05, 0) is 17.7 Å². The van der Waals surface area contributed by atoms with E-state index in [-0.39, 0.29) is 0 Å². The molecule has 1 aliphatic rings. The molecule has 1 aromatic heterocycles. The summed E-state index contributed by atoms with van der Waals surface area (Å²) in [4.78, 5) is 6.97. The number of rotatable bonds is 2. The van der Waals surface area contributed by atoms with E-state index in [0.29, 0.717) is 6.54 Å². The highest BCUT2D eigenvalue weighted by molar-refractivity contribution is 7.22. The summed E-state index contributed by atoms with van der Waals surface area (Å²) >= 11 is 1.74. The van der Waals surface area contributed by atoms with Crippen molar-refractivity contribution < 1.29 is 4.74 Å². The normalized spacial score (nSPS) is 16.6. The molecule has 0 radical (unpaired) electrons. The zero-order chi connectivity index (χ0) is 11.7. The lowest BCUT2D eigenvalue weighted by Crippen LogP contribution is -2.36. The van der Waals surface area contributed by atoms with E-state index in [0.717, 1.165) is 42.5 Å². The van der Waals surface area contributed by atoms with Crippen LogP contribution in [0.25, 0.3) is 10.2 Å². The van der Waals surface area contributed by atoms with Crippen molar-refractivity contribution in [3.8, 4) is 0 Å². The molecule has 1 aromatic carbocycles. The number of benzene rings is 1. The van der Waals surface area contributed by atoms with Gasteiger partial charge in [0, 0.05) is 19.6 Å². The summed E-state index contributed by atoms with van der Waals surface area (Å²) in [6, 6.07) is 6.26. The van der Waals surface area contributed by atoms with Gasteiger partial charge in [0.15, 0.2) is 5.13 Å². The summed E-state index contributed by atoms with van der Waals surface area (Å²) in [5.41, 5.74) is 7.83. The Morgan fingerprint density at radius 1 is 1.35 bits per heavy atom. The van der Waals surface area contributed by atoms with Crippen LogP contribution in [0.15, 0.2) is 18.2 Å². The first-order valence-corrected chi connectivity index (χ1v) is 6.61. The van der Waals surface area contributed by atoms with Gasteiger partial charge in [-0.25, -0.2) is 4.98 Å². The van der Waals surface area contributed by atoms with E-state index in [1.807, 2.05) is 0 Å². The highest BCUT2D eigenvalue weighted by atomic mass is 32.1. The minimum atomic E-state index is 0.570. The van der Waals surface area contributed by atoms with Crippen LogP contribution < -0.4 is 10.6 Å². The average molecular weight is 249 g/mol. The first kappa shape index (κ1) is 11.0. The monoisotopic (exact) mass is 249 g/mol. The van der Waals surface area contributed by atoms with Gasteiger partial charge in [0.1, 0.15) is 0 Å². The second-order valence-corrected chi connectivity index (χ2v) is 5.11. The Hall–Kier alpha value is -1.17. The van der Waals surface area contributed by atoms with E-state index in [2.05, 4.69) is 28.1 Å². The number of aromatic nitrogens is 1. The minimum Gasteiger partial charge on any atom is -0.378 e. The third-order valence-electron chi connectivity index (χ3n) is 2.96. The number of nitrogens with two attached hydrogens (primary N) is 1. The molecular formula is C12H15N3OS. The number of nitrogens with zero attached hydrogens (tertiary/aromatic N) is 2. The molecule has 17 heavy (non-hydrogen) atoms. The smallest absolute Gasteiger partial charge is 0.186 e. The van der Waals surface area contributed by atoms with Crippen molar-refractivity contribution in [3.63, 3.8) is 0 Å². The predicted octanol–water partition coefficient (Wildman–Crippen LogP) is 1.59. The lowest BCUT2D eigenvalue weighted by Gasteiger charge is -2.25. The molecule has 4 nitrogen and oxygen atoms in total. The molecule has 2 aromatic rings. The lowest BCUT2D eigenvalue weighted by atomic mass is 10.2. The zero-order valence-electron chi connectivity index (χ0n) is 9.56. The fraction of sp³-hybridized carbons (Fsp3) is 0.417. The van der Waals surface area contributed by atoms with Crippen LogP contribution in [-0.4, -0.2) is 31.3 Å². The second-order valence-electron chi connectivity index (χ2n) is 4.10. The summed E-state index contributed by atoms with van der Waals surface area (Å²) in [7, 11) is 0. The number of morpholine rings is 1. The van der Waals surface area contributed by atoms with Gasteiger partial charge in [-0.2, -0.15) is 0 Å². The maximum Gasteiger partial charge on any atom is 0.186 e. The Morgan fingerprint density at radius 2 is 2.18 bits per heavy atom. The van der Waals surface area contributed by atoms with Crippen molar-refractivity contribution >= 4 is 26.7 Å². The van der Waals surface area contributed by atoms with Crippen LogP contribution in [-0.2, 0) is 11.3 Å². The van der Waals surface area contributed by atoms with E-state index in [4.69, 9.17) is 10.5 Å². The molecule has 0 spiro atoms. The largest absolute Gasteiger partial charge is 0.378 e. The summed E-state index contributed by atoms with van der Waals surface area (Å²) in [6.07, 6.45) is 0. The molecule has 1 aliphatic heterocycles. The standard InChI is InChI=1S/C12H15N3OS/c13-8-9-1-2-11-10(7-9)14-12(17-11)15-3-5-16-6-4-15/h1-2,7H,3-6,8,13H2. The summed E-state index contributed by atoms with van der Waals surface area (Å²) in [6.45, 7) is 4.03. The average Bonchev–Trinajstić information content (AvgIpc) is 2.82. The van der Waals surface area contributed by atoms with Crippen molar-refractivity contribution in [2.24, 2.45) is 5.73 Å². The van der Waals surface area contributed by atoms with Crippen LogP contribution in [0.5, 0.6) is 0 Å². The van der Waals surface area contributed by atoms with Crippen molar-refractivity contribution in [1.82, 2.24) is 4.98 Å². The molecule has 1 saturated heterocycles. The Morgan fingerprint density at radius 3 is 2.94 bits per heavy atom. The van der Waals surface area contributed by atoms with Gasteiger partial charge in [0.2, 0.25) is 0 Å². The minimum absolute atomic E-state index is 0.570. The van der Waals surface area contributed by atoms with Gasteiger partial charge in [0.05, 0.1) is 23.4 Å². The highest BCUT2D eigenvalue weighted by Gasteiger charge is 2.15. The number of hydrogen-bond acceptors (Lipinski definition) is 5. The Kier molecular flexibility index (Phi) is 2.96. The van der Waals surface area contributed by atoms with Gasteiger partial charge >= 0.3 is 0 Å². The van der Waals surface area contributed by atoms with Crippen molar-refractivity contribution in [2.45, 2.75) is 6.54 Å². The molecule has 2 heterocycles. The van der Waals surface area contributed by atoms with Gasteiger partial charge in [-0.15, -0.1) is 0 Å². The third kappa shape index (κ3) is 2.13. The molecule has 0 bridgehead atoms. The summed E-state index contributed by atoms with van der Waals surface area (Å²) in [5.74, 6) is 0. The second kappa shape index (κ2) is 4.60. The highest BCUT2D eigenvalue weighted by Crippen LogP contribution is 2.29. The SMILES string of the molecule is NCc1ccc2sc(N3CCOCC3)nc2c1. The molecule has 0 amide bonds. The fourth-order valence-corrected chi connectivity index (χ4v) is 2.98. The van der Waals surface area contributed by atoms with Crippen LogP contribution >= 0.6 is 11.3 Å². The van der Waals surface area contributed by atoms with Gasteiger partial charge in [-0.3, -0.25) is 0 Å². The van der Waals surface area contributed by atoms with Crippen molar-refractivity contribution in [1.29, 1.82) is 0 Å². The molecule has 90 valence electrons. The Bertz CT molecular complexity index is 519. The molecule has 0 unspecified atom stereocenters. The number of ether oxygens (including phenoxy) is 1. The molecule has 0 aliphatic carbocycles. The maximum atomic E-state index is 5.64. The number of anilines is 1. The Balaban J connectivity index is 1.95. The summed E-state index contributed by atoms with van der Waals surface area (Å²) in [5, 5.41) is 1.09. The quantitative estimate of drug-likeness (QED) is 0.878. The van der Waals surface area contributed by atoms with Crippen LogP contribution in [0.3, 0.4) is 0 Å². The van der Waals surface area contributed by atoms with Crippen LogP contribution in [0.2, 0.25) is 0 Å². The molecule has 3 rings (SSSR count). The van der Waals surface area contributed by atoms with Crippen molar-refractivity contribution in [3.05, 3.63) is 23.8 Å². The molecular weight excluding hydrogens is 234 g/mol. The van der Waals surface area contributed by atoms with E-state index in [9.17, 15) is 0 Å². The Labute approximate surface area is 104 Å². The number of fused-ring (bicyclic) bond motifs is 1. The van der Waals surface area contributed by atoms with Gasteiger partial charge < -0.3 is 15.4 Å². The predicted molar refractivity (Wildman–Crippen MR) is 70.5 cm³/mol. The van der Waals surface area contributed by atoms with E-state index >= 15 is 0 Å². The molecule has 0 atom stereocenters. The van der Waals surface area contributed by atoms with Crippen LogP contribution in [0.4, 0.5) is 5.13 Å². The number of hydrogen-bond donors (Lipinski definition) is 1. The summed E-state index contributed by atoms with van der Waals surface area (Å²) < 4.78 is 6.58. The molecule has 2 N–H and O–H groups in total. The van der Waals surface area contributed by atoms with Gasteiger partial charge in [-0.1, -0.05) is 17.4 Å². The lowest BCUT2D eigenvalue weighted by molar-refractivity contribution is 0.122. The first-order chi connectivity index (χ1) is 8.36. The van der Waals surface area contributed by atoms with E-state index < -0.39 is 0 Å². The fourth-order valence-electron chi connectivity index (χ4n) is 1.98. The third-order valence-corrected chi connectivity index (χ3v) is 4.06. The molecule has 0 saturated carbocycles. The topological polar surface area (TPSA) is 51.4 Å². The zero-order valence-corrected chi connectivity index (χ0v) is 10.4. The van der Waals surface area contributed by atoms with E-state index in [1.54, 1.807) is 11.3 Å². The molecule has 5 heteroatoms. The van der Waals surface area contributed by atoms with Crippen LogP contribution in [0, 0.1) is 0 Å². The number of thiazole rings is 1.